The molecular weight excluding hydrogens is 216 g/mol. The third-order valence-electron chi connectivity index (χ3n) is 2.86. The minimum atomic E-state index is -0.151. The third-order valence-corrected chi connectivity index (χ3v) is 2.86. The SMILES string of the molecule is CC(C)COC(=O)N1CCC(NC(C)C)CC1. The maximum atomic E-state index is 11.7. The van der Waals surface area contributed by atoms with E-state index in [2.05, 4.69) is 19.2 Å². The van der Waals surface area contributed by atoms with Crippen molar-refractivity contribution in [3.63, 3.8) is 0 Å². The fraction of sp³-hybridized carbons (Fsp3) is 0.923. The lowest BCUT2D eigenvalue weighted by Crippen LogP contribution is -2.46. The molecule has 0 unspecified atom stereocenters. The number of amides is 1. The number of carbonyl (C=O) groups is 1. The molecule has 0 spiro atoms. The highest BCUT2D eigenvalue weighted by atomic mass is 16.6. The van der Waals surface area contributed by atoms with Crippen molar-refractivity contribution >= 4 is 6.09 Å². The number of nitrogens with one attached hydrogen (secondary N) is 1. The summed E-state index contributed by atoms with van der Waals surface area (Å²) in [6.07, 6.45) is 1.89. The van der Waals surface area contributed by atoms with Gasteiger partial charge < -0.3 is 15.0 Å². The van der Waals surface area contributed by atoms with Gasteiger partial charge in [-0.2, -0.15) is 0 Å². The topological polar surface area (TPSA) is 41.6 Å². The molecule has 17 heavy (non-hydrogen) atoms. The molecule has 1 saturated heterocycles. The van der Waals surface area contributed by atoms with Crippen molar-refractivity contribution in [2.75, 3.05) is 19.7 Å². The van der Waals surface area contributed by atoms with Gasteiger partial charge in [-0.3, -0.25) is 0 Å². The van der Waals surface area contributed by atoms with E-state index >= 15 is 0 Å². The second-order valence-electron chi connectivity index (χ2n) is 5.55. The minimum Gasteiger partial charge on any atom is -0.449 e. The predicted molar refractivity (Wildman–Crippen MR) is 69.1 cm³/mol. The zero-order valence-electron chi connectivity index (χ0n) is 11.5. The maximum Gasteiger partial charge on any atom is 0.409 e. The van der Waals surface area contributed by atoms with Gasteiger partial charge in [0.1, 0.15) is 0 Å². The van der Waals surface area contributed by atoms with Crippen LogP contribution in [0.3, 0.4) is 0 Å². The first-order valence-electron chi connectivity index (χ1n) is 6.66. The maximum absolute atomic E-state index is 11.7. The molecule has 100 valence electrons. The molecule has 1 N–H and O–H groups in total. The van der Waals surface area contributed by atoms with E-state index in [-0.39, 0.29) is 6.09 Å². The summed E-state index contributed by atoms with van der Waals surface area (Å²) < 4.78 is 5.23. The molecule has 0 aliphatic carbocycles. The second-order valence-corrected chi connectivity index (χ2v) is 5.55. The molecule has 0 bridgehead atoms. The Morgan fingerprint density at radius 3 is 2.35 bits per heavy atom. The van der Waals surface area contributed by atoms with E-state index in [1.165, 1.54) is 0 Å². The van der Waals surface area contributed by atoms with Crippen molar-refractivity contribution in [3.8, 4) is 0 Å². The van der Waals surface area contributed by atoms with Gasteiger partial charge in [0, 0.05) is 25.2 Å². The van der Waals surface area contributed by atoms with Crippen molar-refractivity contribution in [3.05, 3.63) is 0 Å². The van der Waals surface area contributed by atoms with Gasteiger partial charge in [-0.25, -0.2) is 4.79 Å². The fourth-order valence-electron chi connectivity index (χ4n) is 2.03. The number of ether oxygens (including phenoxy) is 1. The number of carbonyl (C=O) groups excluding carboxylic acids is 1. The lowest BCUT2D eigenvalue weighted by molar-refractivity contribution is 0.0814. The quantitative estimate of drug-likeness (QED) is 0.822. The van der Waals surface area contributed by atoms with Crippen LogP contribution in [-0.2, 0) is 4.74 Å². The van der Waals surface area contributed by atoms with E-state index in [1.807, 2.05) is 18.7 Å². The first kappa shape index (κ1) is 14.3. The van der Waals surface area contributed by atoms with Crippen molar-refractivity contribution in [1.82, 2.24) is 10.2 Å². The van der Waals surface area contributed by atoms with Crippen molar-refractivity contribution in [1.29, 1.82) is 0 Å². The van der Waals surface area contributed by atoms with E-state index in [4.69, 9.17) is 4.74 Å². The number of hydrogen-bond acceptors (Lipinski definition) is 3. The Morgan fingerprint density at radius 2 is 1.88 bits per heavy atom. The molecule has 1 aliphatic heterocycles. The van der Waals surface area contributed by atoms with Crippen LogP contribution >= 0.6 is 0 Å². The Kier molecular flexibility index (Phi) is 5.75. The molecule has 4 nitrogen and oxygen atoms in total. The van der Waals surface area contributed by atoms with E-state index < -0.39 is 0 Å². The average Bonchev–Trinajstić information content (AvgIpc) is 2.26. The minimum absolute atomic E-state index is 0.151. The normalized spacial score (nSPS) is 17.9. The zero-order chi connectivity index (χ0) is 12.8. The number of piperidine rings is 1. The summed E-state index contributed by atoms with van der Waals surface area (Å²) in [6, 6.07) is 1.06. The highest BCUT2D eigenvalue weighted by Crippen LogP contribution is 2.12. The van der Waals surface area contributed by atoms with Crippen LogP contribution in [0.1, 0.15) is 40.5 Å². The van der Waals surface area contributed by atoms with Gasteiger partial charge in [0.2, 0.25) is 0 Å². The summed E-state index contributed by atoms with van der Waals surface area (Å²) in [6.45, 7) is 10.5. The van der Waals surface area contributed by atoms with Crippen LogP contribution in [0, 0.1) is 5.92 Å². The summed E-state index contributed by atoms with van der Waals surface area (Å²) in [5.74, 6) is 0.402. The first-order chi connectivity index (χ1) is 7.99. The number of likely N-dealkylation sites (tertiary alicyclic amines) is 1. The Hall–Kier alpha value is -0.770. The molecule has 0 aromatic heterocycles. The second kappa shape index (κ2) is 6.84. The Balaban J connectivity index is 2.24. The monoisotopic (exact) mass is 242 g/mol. The Bertz CT molecular complexity index is 234. The zero-order valence-corrected chi connectivity index (χ0v) is 11.5. The Morgan fingerprint density at radius 1 is 1.29 bits per heavy atom. The van der Waals surface area contributed by atoms with Crippen molar-refractivity contribution < 1.29 is 9.53 Å². The van der Waals surface area contributed by atoms with Crippen LogP contribution < -0.4 is 5.32 Å². The number of rotatable bonds is 4. The molecule has 0 atom stereocenters. The number of hydrogen-bond donors (Lipinski definition) is 1. The van der Waals surface area contributed by atoms with E-state index in [9.17, 15) is 4.79 Å². The van der Waals surface area contributed by atoms with Gasteiger partial charge >= 0.3 is 6.09 Å². The van der Waals surface area contributed by atoms with E-state index in [1.54, 1.807) is 0 Å². The Labute approximate surface area is 105 Å². The van der Waals surface area contributed by atoms with Crippen LogP contribution in [0.25, 0.3) is 0 Å². The largest absolute Gasteiger partial charge is 0.449 e. The summed E-state index contributed by atoms with van der Waals surface area (Å²) in [5.41, 5.74) is 0. The highest BCUT2D eigenvalue weighted by Gasteiger charge is 2.23. The molecule has 1 rings (SSSR count). The molecule has 0 radical (unpaired) electrons. The van der Waals surface area contributed by atoms with E-state index in [0.717, 1.165) is 25.9 Å². The molecule has 1 fully saturated rings. The molecule has 1 amide bonds. The van der Waals surface area contributed by atoms with Crippen molar-refractivity contribution in [2.45, 2.75) is 52.6 Å². The third kappa shape index (κ3) is 5.39. The summed E-state index contributed by atoms with van der Waals surface area (Å²) >= 11 is 0. The molecule has 0 saturated carbocycles. The van der Waals surface area contributed by atoms with Gasteiger partial charge in [0.15, 0.2) is 0 Å². The fourth-order valence-corrected chi connectivity index (χ4v) is 2.03. The molecule has 4 heteroatoms. The molecule has 0 aromatic carbocycles. The van der Waals surface area contributed by atoms with Crippen LogP contribution in [0.15, 0.2) is 0 Å². The van der Waals surface area contributed by atoms with E-state index in [0.29, 0.717) is 24.6 Å². The first-order valence-corrected chi connectivity index (χ1v) is 6.66. The smallest absolute Gasteiger partial charge is 0.409 e. The standard InChI is InChI=1S/C13H26N2O2/c1-10(2)9-17-13(16)15-7-5-12(6-8-15)14-11(3)4/h10-12,14H,5-9H2,1-4H3. The van der Waals surface area contributed by atoms with Gasteiger partial charge in [-0.05, 0) is 18.8 Å². The average molecular weight is 242 g/mol. The summed E-state index contributed by atoms with van der Waals surface area (Å²) in [7, 11) is 0. The van der Waals surface area contributed by atoms with Crippen LogP contribution in [0.5, 0.6) is 0 Å². The van der Waals surface area contributed by atoms with Gasteiger partial charge in [0.05, 0.1) is 6.61 Å². The molecule has 1 heterocycles. The van der Waals surface area contributed by atoms with Crippen LogP contribution in [0.4, 0.5) is 4.79 Å². The lowest BCUT2D eigenvalue weighted by atomic mass is 10.0. The van der Waals surface area contributed by atoms with Crippen LogP contribution in [-0.4, -0.2) is 42.8 Å². The number of nitrogens with zero attached hydrogens (tertiary/aromatic N) is 1. The van der Waals surface area contributed by atoms with Gasteiger partial charge in [0.25, 0.3) is 0 Å². The highest BCUT2D eigenvalue weighted by molar-refractivity contribution is 5.67. The molecular formula is C13H26N2O2. The summed E-state index contributed by atoms with van der Waals surface area (Å²) in [5, 5.41) is 3.51. The lowest BCUT2D eigenvalue weighted by Gasteiger charge is -2.32. The summed E-state index contributed by atoms with van der Waals surface area (Å²) in [4.78, 5) is 13.5. The van der Waals surface area contributed by atoms with Crippen LogP contribution in [0.2, 0.25) is 0 Å². The molecule has 0 aromatic rings. The van der Waals surface area contributed by atoms with Gasteiger partial charge in [-0.1, -0.05) is 27.7 Å². The van der Waals surface area contributed by atoms with Crippen molar-refractivity contribution in [2.24, 2.45) is 5.92 Å². The van der Waals surface area contributed by atoms with Gasteiger partial charge in [-0.15, -0.1) is 0 Å². The predicted octanol–water partition coefficient (Wildman–Crippen LogP) is 2.24. The molecule has 1 aliphatic rings.